The minimum absolute atomic E-state index is 0.0388. The van der Waals surface area contributed by atoms with E-state index < -0.39 is 0 Å². The maximum Gasteiger partial charge on any atom is 0.263 e. The molecule has 1 aliphatic heterocycles. The zero-order valence-electron chi connectivity index (χ0n) is 11.5. The van der Waals surface area contributed by atoms with Crippen LogP contribution in [-0.2, 0) is 0 Å². The Hall–Kier alpha value is -0.720. The molecule has 0 spiro atoms. The lowest BCUT2D eigenvalue weighted by Crippen LogP contribution is -2.30. The van der Waals surface area contributed by atoms with Crippen LogP contribution in [0.1, 0.15) is 22.5 Å². The predicted octanol–water partition coefficient (Wildman–Crippen LogP) is 4.12. The zero-order chi connectivity index (χ0) is 14.8. The van der Waals surface area contributed by atoms with Crippen molar-refractivity contribution in [3.63, 3.8) is 0 Å². The van der Waals surface area contributed by atoms with E-state index in [-0.39, 0.29) is 5.91 Å². The highest BCUT2D eigenvalue weighted by molar-refractivity contribution is 9.10. The fourth-order valence-corrected chi connectivity index (χ4v) is 5.11. The highest BCUT2D eigenvalue weighted by Crippen LogP contribution is 2.35. The number of amides is 1. The van der Waals surface area contributed by atoms with E-state index in [0.717, 1.165) is 21.1 Å². The molecule has 3 N–H and O–H groups in total. The molecule has 2 heterocycles. The van der Waals surface area contributed by atoms with Crippen LogP contribution in [0.4, 0.5) is 5.69 Å². The van der Waals surface area contributed by atoms with Crippen molar-refractivity contribution >= 4 is 60.7 Å². The Balaban J connectivity index is 1.73. The third-order valence-electron chi connectivity index (χ3n) is 3.79. The summed E-state index contributed by atoms with van der Waals surface area (Å²) in [6.07, 6.45) is 2.39. The third kappa shape index (κ3) is 3.38. The summed E-state index contributed by atoms with van der Waals surface area (Å²) < 4.78 is 2.03. The summed E-state index contributed by atoms with van der Waals surface area (Å²) in [6.45, 7) is 0.761. The normalized spacial score (nSPS) is 16.2. The van der Waals surface area contributed by atoms with Crippen molar-refractivity contribution in [1.29, 1.82) is 0 Å². The first-order valence-electron chi connectivity index (χ1n) is 6.98. The van der Waals surface area contributed by atoms with Gasteiger partial charge in [0.1, 0.15) is 4.88 Å². The van der Waals surface area contributed by atoms with E-state index in [1.165, 1.54) is 35.7 Å². The van der Waals surface area contributed by atoms with Crippen molar-refractivity contribution in [1.82, 2.24) is 5.32 Å². The first-order valence-corrected chi connectivity index (χ1v) is 9.75. The highest BCUT2D eigenvalue weighted by Gasteiger charge is 2.19. The van der Waals surface area contributed by atoms with E-state index in [1.807, 2.05) is 30.0 Å². The Labute approximate surface area is 140 Å². The van der Waals surface area contributed by atoms with E-state index in [4.69, 9.17) is 5.73 Å². The maximum absolute atomic E-state index is 12.4. The van der Waals surface area contributed by atoms with E-state index in [0.29, 0.717) is 16.5 Å². The smallest absolute Gasteiger partial charge is 0.263 e. The lowest BCUT2D eigenvalue weighted by atomic mass is 10.0. The number of nitrogens with two attached hydrogens (primary N) is 1. The minimum Gasteiger partial charge on any atom is -0.397 e. The molecule has 6 heteroatoms. The molecular formula is C15H17BrN2OS2. The van der Waals surface area contributed by atoms with Gasteiger partial charge in [-0.15, -0.1) is 11.3 Å². The molecule has 1 fully saturated rings. The maximum atomic E-state index is 12.4. The van der Waals surface area contributed by atoms with Gasteiger partial charge in [-0.3, -0.25) is 4.79 Å². The summed E-state index contributed by atoms with van der Waals surface area (Å²) in [5, 5.41) is 4.01. The number of carbonyl (C=O) groups excluding carboxylic acids is 1. The van der Waals surface area contributed by atoms with Crippen molar-refractivity contribution < 1.29 is 4.79 Å². The van der Waals surface area contributed by atoms with Gasteiger partial charge in [0.25, 0.3) is 5.91 Å². The molecule has 3 rings (SSSR count). The van der Waals surface area contributed by atoms with Crippen molar-refractivity contribution in [2.45, 2.75) is 12.8 Å². The van der Waals surface area contributed by atoms with Gasteiger partial charge in [-0.2, -0.15) is 11.8 Å². The highest BCUT2D eigenvalue weighted by atomic mass is 79.9. The van der Waals surface area contributed by atoms with Crippen molar-refractivity contribution in [3.05, 3.63) is 27.5 Å². The van der Waals surface area contributed by atoms with Crippen LogP contribution in [0.2, 0.25) is 0 Å². The van der Waals surface area contributed by atoms with Gasteiger partial charge in [0.15, 0.2) is 0 Å². The number of hydrogen-bond acceptors (Lipinski definition) is 4. The fourth-order valence-electron chi connectivity index (χ4n) is 2.53. The largest absolute Gasteiger partial charge is 0.397 e. The van der Waals surface area contributed by atoms with Crippen LogP contribution in [0.5, 0.6) is 0 Å². The minimum atomic E-state index is -0.0388. The number of fused-ring (bicyclic) bond motifs is 1. The van der Waals surface area contributed by atoms with E-state index in [1.54, 1.807) is 0 Å². The van der Waals surface area contributed by atoms with Gasteiger partial charge in [0, 0.05) is 21.1 Å². The van der Waals surface area contributed by atoms with Crippen LogP contribution in [-0.4, -0.2) is 24.0 Å². The molecule has 0 atom stereocenters. The second-order valence-corrected chi connectivity index (χ2v) is 8.44. The molecule has 0 radical (unpaired) electrons. The summed E-state index contributed by atoms with van der Waals surface area (Å²) in [6, 6.07) is 5.94. The molecule has 0 saturated carbocycles. The van der Waals surface area contributed by atoms with Crippen LogP contribution in [0.15, 0.2) is 22.7 Å². The molecule has 1 amide bonds. The van der Waals surface area contributed by atoms with Crippen LogP contribution in [0.3, 0.4) is 0 Å². The van der Waals surface area contributed by atoms with Gasteiger partial charge in [-0.05, 0) is 48.5 Å². The van der Waals surface area contributed by atoms with Crippen LogP contribution in [0, 0.1) is 5.92 Å². The second-order valence-electron chi connectivity index (χ2n) is 5.25. The predicted molar refractivity (Wildman–Crippen MR) is 96.3 cm³/mol. The standard InChI is InChI=1S/C15H17BrN2OS2/c16-10-1-2-12-11(7-10)13(17)14(21-12)15(19)18-8-9-3-5-20-6-4-9/h1-2,7,9H,3-6,8,17H2,(H,18,19). The lowest BCUT2D eigenvalue weighted by Gasteiger charge is -2.21. The van der Waals surface area contributed by atoms with E-state index >= 15 is 0 Å². The number of hydrogen-bond donors (Lipinski definition) is 2. The van der Waals surface area contributed by atoms with Gasteiger partial charge in [0.2, 0.25) is 0 Å². The Morgan fingerprint density at radius 3 is 2.90 bits per heavy atom. The molecule has 1 aliphatic rings. The molecule has 21 heavy (non-hydrogen) atoms. The first kappa shape index (κ1) is 15.2. The summed E-state index contributed by atoms with van der Waals surface area (Å²) in [5.74, 6) is 2.99. The van der Waals surface area contributed by atoms with Gasteiger partial charge >= 0.3 is 0 Å². The topological polar surface area (TPSA) is 55.1 Å². The Bertz CT molecular complexity index is 665. The van der Waals surface area contributed by atoms with Crippen LogP contribution in [0.25, 0.3) is 10.1 Å². The SMILES string of the molecule is Nc1c(C(=O)NCC2CCSCC2)sc2ccc(Br)cc12. The number of anilines is 1. The number of carbonyl (C=O) groups is 1. The number of rotatable bonds is 3. The monoisotopic (exact) mass is 384 g/mol. The average Bonchev–Trinajstić information content (AvgIpc) is 2.83. The molecular weight excluding hydrogens is 368 g/mol. The Morgan fingerprint density at radius 1 is 1.38 bits per heavy atom. The summed E-state index contributed by atoms with van der Waals surface area (Å²) in [5.41, 5.74) is 6.73. The number of halogens is 1. The van der Waals surface area contributed by atoms with Gasteiger partial charge < -0.3 is 11.1 Å². The van der Waals surface area contributed by atoms with Crippen molar-refractivity contribution in [2.75, 3.05) is 23.8 Å². The Morgan fingerprint density at radius 2 is 2.14 bits per heavy atom. The van der Waals surface area contributed by atoms with E-state index in [2.05, 4.69) is 21.2 Å². The number of nitrogens with one attached hydrogen (secondary N) is 1. The van der Waals surface area contributed by atoms with E-state index in [9.17, 15) is 4.79 Å². The molecule has 0 aliphatic carbocycles. The molecule has 1 aromatic heterocycles. The third-order valence-corrected chi connectivity index (χ3v) is 6.51. The molecule has 0 unspecified atom stereocenters. The molecule has 3 nitrogen and oxygen atoms in total. The van der Waals surface area contributed by atoms with Gasteiger partial charge in [0.05, 0.1) is 5.69 Å². The molecule has 112 valence electrons. The molecule has 1 aromatic carbocycles. The fraction of sp³-hybridized carbons (Fsp3) is 0.400. The molecule has 0 bridgehead atoms. The summed E-state index contributed by atoms with van der Waals surface area (Å²) in [4.78, 5) is 13.0. The zero-order valence-corrected chi connectivity index (χ0v) is 14.7. The number of thiophene rings is 1. The summed E-state index contributed by atoms with van der Waals surface area (Å²) >= 11 is 6.91. The van der Waals surface area contributed by atoms with Crippen molar-refractivity contribution in [3.8, 4) is 0 Å². The second kappa shape index (κ2) is 6.58. The quantitative estimate of drug-likeness (QED) is 0.836. The lowest BCUT2D eigenvalue weighted by molar-refractivity contribution is 0.0951. The Kier molecular flexibility index (Phi) is 4.76. The number of benzene rings is 1. The summed E-state index contributed by atoms with van der Waals surface area (Å²) in [7, 11) is 0. The van der Waals surface area contributed by atoms with Crippen molar-refractivity contribution in [2.24, 2.45) is 5.92 Å². The molecule has 1 saturated heterocycles. The number of thioether (sulfide) groups is 1. The molecule has 2 aromatic rings. The van der Waals surface area contributed by atoms with Gasteiger partial charge in [-0.25, -0.2) is 0 Å². The number of nitrogen functional groups attached to an aromatic ring is 1. The van der Waals surface area contributed by atoms with Crippen LogP contribution >= 0.6 is 39.0 Å². The van der Waals surface area contributed by atoms with Crippen LogP contribution < -0.4 is 11.1 Å². The first-order chi connectivity index (χ1) is 10.1. The average molecular weight is 385 g/mol. The van der Waals surface area contributed by atoms with Gasteiger partial charge in [-0.1, -0.05) is 15.9 Å².